The van der Waals surface area contributed by atoms with E-state index in [0.717, 1.165) is 24.3 Å². The third kappa shape index (κ3) is 3.67. The third-order valence-corrected chi connectivity index (χ3v) is 3.31. The van der Waals surface area contributed by atoms with Crippen LogP contribution < -0.4 is 10.9 Å². The van der Waals surface area contributed by atoms with Gasteiger partial charge in [-0.25, -0.2) is 0 Å². The zero-order valence-electron chi connectivity index (χ0n) is 10.8. The van der Waals surface area contributed by atoms with Gasteiger partial charge < -0.3 is 9.88 Å². The summed E-state index contributed by atoms with van der Waals surface area (Å²) in [7, 11) is 0. The lowest BCUT2D eigenvalue weighted by Gasteiger charge is -2.08. The van der Waals surface area contributed by atoms with Gasteiger partial charge in [0.1, 0.15) is 0 Å². The van der Waals surface area contributed by atoms with E-state index in [4.69, 9.17) is 0 Å². The SMILES string of the molecule is CCCNc1ccnc(Cn2cccc(Br)c2=O)c1. The second kappa shape index (κ2) is 6.52. The maximum Gasteiger partial charge on any atom is 0.265 e. The van der Waals surface area contributed by atoms with E-state index in [-0.39, 0.29) is 5.56 Å². The van der Waals surface area contributed by atoms with Gasteiger partial charge in [-0.2, -0.15) is 0 Å². The minimum Gasteiger partial charge on any atom is -0.385 e. The Morgan fingerprint density at radius 1 is 1.42 bits per heavy atom. The molecule has 0 unspecified atom stereocenters. The zero-order chi connectivity index (χ0) is 13.7. The average Bonchev–Trinajstić information content (AvgIpc) is 2.42. The van der Waals surface area contributed by atoms with Gasteiger partial charge in [-0.1, -0.05) is 6.92 Å². The fourth-order valence-electron chi connectivity index (χ4n) is 1.75. The average molecular weight is 322 g/mol. The number of rotatable bonds is 5. The standard InChI is InChI=1S/C14H16BrN3O/c1-2-6-16-11-5-7-17-12(9-11)10-18-8-3-4-13(15)14(18)19/h3-5,7-9H,2,6,10H2,1H3,(H,16,17). The molecule has 0 aliphatic carbocycles. The molecule has 2 heterocycles. The number of anilines is 1. The Hall–Kier alpha value is -1.62. The van der Waals surface area contributed by atoms with Crippen LogP contribution in [0.15, 0.2) is 45.9 Å². The second-order valence-electron chi connectivity index (χ2n) is 4.25. The number of halogens is 1. The molecule has 0 saturated carbocycles. The van der Waals surface area contributed by atoms with Crippen LogP contribution in [-0.2, 0) is 6.54 Å². The Morgan fingerprint density at radius 3 is 3.05 bits per heavy atom. The van der Waals surface area contributed by atoms with Crippen molar-refractivity contribution in [2.75, 3.05) is 11.9 Å². The van der Waals surface area contributed by atoms with E-state index in [2.05, 4.69) is 33.2 Å². The molecule has 0 aliphatic rings. The van der Waals surface area contributed by atoms with Crippen molar-refractivity contribution in [2.45, 2.75) is 19.9 Å². The Balaban J connectivity index is 2.19. The summed E-state index contributed by atoms with van der Waals surface area (Å²) in [6.45, 7) is 3.52. The quantitative estimate of drug-likeness (QED) is 0.921. The van der Waals surface area contributed by atoms with Crippen molar-refractivity contribution in [3.05, 3.63) is 57.2 Å². The number of hydrogen-bond acceptors (Lipinski definition) is 3. The van der Waals surface area contributed by atoms with E-state index in [1.807, 2.05) is 18.2 Å². The number of hydrogen-bond donors (Lipinski definition) is 1. The van der Waals surface area contributed by atoms with Crippen LogP contribution in [0.1, 0.15) is 19.0 Å². The van der Waals surface area contributed by atoms with E-state index < -0.39 is 0 Å². The van der Waals surface area contributed by atoms with Gasteiger partial charge in [0.2, 0.25) is 0 Å². The first kappa shape index (κ1) is 13.8. The van der Waals surface area contributed by atoms with Crippen molar-refractivity contribution in [1.29, 1.82) is 0 Å². The lowest BCUT2D eigenvalue weighted by atomic mass is 10.3. The van der Waals surface area contributed by atoms with Crippen LogP contribution in [0.3, 0.4) is 0 Å². The van der Waals surface area contributed by atoms with E-state index in [1.165, 1.54) is 0 Å². The van der Waals surface area contributed by atoms with Crippen LogP contribution in [0.4, 0.5) is 5.69 Å². The van der Waals surface area contributed by atoms with Crippen molar-refractivity contribution in [2.24, 2.45) is 0 Å². The Morgan fingerprint density at radius 2 is 2.26 bits per heavy atom. The molecule has 2 aromatic heterocycles. The molecule has 100 valence electrons. The van der Waals surface area contributed by atoms with E-state index in [0.29, 0.717) is 11.0 Å². The summed E-state index contributed by atoms with van der Waals surface area (Å²) in [6.07, 6.45) is 4.60. The molecule has 0 atom stereocenters. The van der Waals surface area contributed by atoms with Crippen LogP contribution in [-0.4, -0.2) is 16.1 Å². The molecule has 0 saturated heterocycles. The van der Waals surface area contributed by atoms with Gasteiger partial charge in [0.15, 0.2) is 0 Å². The Bertz CT molecular complexity index is 610. The van der Waals surface area contributed by atoms with Crippen LogP contribution in [0.5, 0.6) is 0 Å². The third-order valence-electron chi connectivity index (χ3n) is 2.70. The minimum absolute atomic E-state index is 0.0452. The highest BCUT2D eigenvalue weighted by atomic mass is 79.9. The summed E-state index contributed by atoms with van der Waals surface area (Å²) in [5.74, 6) is 0. The molecular weight excluding hydrogens is 306 g/mol. The normalized spacial score (nSPS) is 10.4. The summed E-state index contributed by atoms with van der Waals surface area (Å²) >= 11 is 3.24. The van der Waals surface area contributed by atoms with Gasteiger partial charge in [0, 0.05) is 24.6 Å². The number of nitrogens with one attached hydrogen (secondary N) is 1. The van der Waals surface area contributed by atoms with Gasteiger partial charge in [-0.05, 0) is 46.6 Å². The first-order valence-electron chi connectivity index (χ1n) is 6.24. The maximum atomic E-state index is 11.9. The summed E-state index contributed by atoms with van der Waals surface area (Å²) < 4.78 is 2.20. The highest BCUT2D eigenvalue weighted by Crippen LogP contribution is 2.09. The predicted molar refractivity (Wildman–Crippen MR) is 80.5 cm³/mol. The summed E-state index contributed by atoms with van der Waals surface area (Å²) in [5, 5.41) is 3.31. The van der Waals surface area contributed by atoms with E-state index in [9.17, 15) is 4.79 Å². The van der Waals surface area contributed by atoms with Gasteiger partial charge in [-0.3, -0.25) is 9.78 Å². The van der Waals surface area contributed by atoms with Crippen molar-refractivity contribution in [1.82, 2.24) is 9.55 Å². The molecule has 2 rings (SSSR count). The monoisotopic (exact) mass is 321 g/mol. The molecule has 4 nitrogen and oxygen atoms in total. The van der Waals surface area contributed by atoms with Crippen molar-refractivity contribution < 1.29 is 0 Å². The maximum absolute atomic E-state index is 11.9. The van der Waals surface area contributed by atoms with Crippen molar-refractivity contribution >= 4 is 21.6 Å². The topological polar surface area (TPSA) is 46.9 Å². The van der Waals surface area contributed by atoms with Gasteiger partial charge in [-0.15, -0.1) is 0 Å². The predicted octanol–water partition coefficient (Wildman–Crippen LogP) is 2.88. The molecule has 0 fully saturated rings. The fraction of sp³-hybridized carbons (Fsp3) is 0.286. The Kier molecular flexibility index (Phi) is 4.74. The molecule has 0 bridgehead atoms. The van der Waals surface area contributed by atoms with Crippen LogP contribution in [0, 0.1) is 0 Å². The Labute approximate surface area is 120 Å². The minimum atomic E-state index is -0.0452. The zero-order valence-corrected chi connectivity index (χ0v) is 12.4. The molecule has 2 aromatic rings. The lowest BCUT2D eigenvalue weighted by molar-refractivity contribution is 0.735. The number of nitrogens with zero attached hydrogens (tertiary/aromatic N) is 2. The highest BCUT2D eigenvalue weighted by molar-refractivity contribution is 9.10. The highest BCUT2D eigenvalue weighted by Gasteiger charge is 2.02. The molecule has 1 N–H and O–H groups in total. The molecule has 5 heteroatoms. The number of aromatic nitrogens is 2. The van der Waals surface area contributed by atoms with Gasteiger partial charge in [0.25, 0.3) is 5.56 Å². The molecule has 0 amide bonds. The first-order chi connectivity index (χ1) is 9.20. The lowest BCUT2D eigenvalue weighted by Crippen LogP contribution is -2.20. The molecule has 0 radical (unpaired) electrons. The van der Waals surface area contributed by atoms with Gasteiger partial charge >= 0.3 is 0 Å². The van der Waals surface area contributed by atoms with Gasteiger partial charge in [0.05, 0.1) is 16.7 Å². The summed E-state index contributed by atoms with van der Waals surface area (Å²) in [4.78, 5) is 16.2. The summed E-state index contributed by atoms with van der Waals surface area (Å²) in [6, 6.07) is 7.49. The van der Waals surface area contributed by atoms with Crippen LogP contribution >= 0.6 is 15.9 Å². The fourth-order valence-corrected chi connectivity index (χ4v) is 2.13. The number of pyridine rings is 2. The van der Waals surface area contributed by atoms with Crippen molar-refractivity contribution in [3.8, 4) is 0 Å². The largest absolute Gasteiger partial charge is 0.385 e. The molecule has 19 heavy (non-hydrogen) atoms. The van der Waals surface area contributed by atoms with Crippen LogP contribution in [0.2, 0.25) is 0 Å². The summed E-state index contributed by atoms with van der Waals surface area (Å²) in [5.41, 5.74) is 1.85. The molecular formula is C14H16BrN3O. The molecule has 0 spiro atoms. The smallest absolute Gasteiger partial charge is 0.265 e. The van der Waals surface area contributed by atoms with E-state index in [1.54, 1.807) is 23.0 Å². The molecule has 0 aromatic carbocycles. The first-order valence-corrected chi connectivity index (χ1v) is 7.03. The van der Waals surface area contributed by atoms with E-state index >= 15 is 0 Å². The van der Waals surface area contributed by atoms with Crippen molar-refractivity contribution in [3.63, 3.8) is 0 Å². The van der Waals surface area contributed by atoms with Crippen LogP contribution in [0.25, 0.3) is 0 Å². The molecule has 0 aliphatic heterocycles. The second-order valence-corrected chi connectivity index (χ2v) is 5.11.